The average molecular weight is 451 g/mol. The largest absolute Gasteiger partial charge is 0.493 e. The zero-order valence-electron chi connectivity index (χ0n) is 18.7. The van der Waals surface area contributed by atoms with E-state index in [1.54, 1.807) is 0 Å². The van der Waals surface area contributed by atoms with Crippen molar-refractivity contribution in [2.45, 2.75) is 6.42 Å². The van der Waals surface area contributed by atoms with Gasteiger partial charge in [-0.1, -0.05) is 61.2 Å². The molecule has 0 saturated carbocycles. The maximum absolute atomic E-state index is 10.9. The van der Waals surface area contributed by atoms with Gasteiger partial charge in [0.05, 0.1) is 33.0 Å². The zero-order chi connectivity index (χ0) is 23.1. The first kappa shape index (κ1) is 24.3. The summed E-state index contributed by atoms with van der Waals surface area (Å²) in [6.07, 6.45) is 1.98. The second-order valence-corrected chi connectivity index (χ2v) is 7.14. The van der Waals surface area contributed by atoms with Crippen molar-refractivity contribution in [2.24, 2.45) is 0 Å². The summed E-state index contributed by atoms with van der Waals surface area (Å²) < 4.78 is 27.7. The molecule has 0 unspecified atom stereocenters. The van der Waals surface area contributed by atoms with E-state index in [0.717, 1.165) is 34.8 Å². The second-order valence-electron chi connectivity index (χ2n) is 7.14. The summed E-state index contributed by atoms with van der Waals surface area (Å²) in [5.74, 6) is 1.19. The number of ether oxygens (including phenoxy) is 5. The summed E-state index contributed by atoms with van der Waals surface area (Å²) in [6.45, 7) is 6.19. The Hall–Kier alpha value is -3.35. The van der Waals surface area contributed by atoms with Gasteiger partial charge < -0.3 is 23.7 Å². The van der Waals surface area contributed by atoms with Crippen LogP contribution in [0.4, 0.5) is 0 Å². The minimum atomic E-state index is -0.452. The van der Waals surface area contributed by atoms with Gasteiger partial charge in [-0.25, -0.2) is 4.79 Å². The summed E-state index contributed by atoms with van der Waals surface area (Å²) in [5, 5.41) is 2.03. The highest BCUT2D eigenvalue weighted by Gasteiger charge is 2.08. The van der Waals surface area contributed by atoms with Crippen molar-refractivity contribution in [3.05, 3.63) is 84.9 Å². The SMILES string of the molecule is C=CC(=O)OCCOCCOCCOc1ccc(OCCc2ccccc2)c2ccccc12. The third-order valence-corrected chi connectivity index (χ3v) is 4.83. The topological polar surface area (TPSA) is 63.2 Å². The number of rotatable bonds is 15. The smallest absolute Gasteiger partial charge is 0.330 e. The predicted molar refractivity (Wildman–Crippen MR) is 128 cm³/mol. The van der Waals surface area contributed by atoms with E-state index >= 15 is 0 Å². The molecule has 0 spiro atoms. The molecule has 174 valence electrons. The molecule has 0 saturated heterocycles. The van der Waals surface area contributed by atoms with Crippen molar-refractivity contribution >= 4 is 16.7 Å². The number of esters is 1. The summed E-state index contributed by atoms with van der Waals surface area (Å²) >= 11 is 0. The summed E-state index contributed by atoms with van der Waals surface area (Å²) in [4.78, 5) is 10.9. The van der Waals surface area contributed by atoms with Crippen LogP contribution in [0.25, 0.3) is 10.8 Å². The van der Waals surface area contributed by atoms with Crippen LogP contribution in [0.15, 0.2) is 79.4 Å². The van der Waals surface area contributed by atoms with Crippen LogP contribution in [0.3, 0.4) is 0 Å². The fourth-order valence-electron chi connectivity index (χ4n) is 3.21. The molecule has 0 aliphatic rings. The Morgan fingerprint density at radius 1 is 0.667 bits per heavy atom. The fraction of sp³-hybridized carbons (Fsp3) is 0.296. The van der Waals surface area contributed by atoms with E-state index in [-0.39, 0.29) is 6.61 Å². The van der Waals surface area contributed by atoms with Crippen molar-refractivity contribution in [1.82, 2.24) is 0 Å². The van der Waals surface area contributed by atoms with Gasteiger partial charge in [0.25, 0.3) is 0 Å². The third kappa shape index (κ3) is 8.25. The normalized spacial score (nSPS) is 10.7. The molecule has 0 N–H and O–H groups in total. The lowest BCUT2D eigenvalue weighted by molar-refractivity contribution is -0.139. The zero-order valence-corrected chi connectivity index (χ0v) is 18.7. The van der Waals surface area contributed by atoms with Gasteiger partial charge in [0.1, 0.15) is 24.7 Å². The van der Waals surface area contributed by atoms with Gasteiger partial charge in [0.2, 0.25) is 0 Å². The Bertz CT molecular complexity index is 1000. The highest BCUT2D eigenvalue weighted by molar-refractivity contribution is 5.93. The molecule has 0 aromatic heterocycles. The van der Waals surface area contributed by atoms with Gasteiger partial charge in [-0.2, -0.15) is 0 Å². The number of hydrogen-bond donors (Lipinski definition) is 0. The molecule has 3 aromatic rings. The Morgan fingerprint density at radius 3 is 1.85 bits per heavy atom. The maximum Gasteiger partial charge on any atom is 0.330 e. The van der Waals surface area contributed by atoms with E-state index in [9.17, 15) is 4.79 Å². The van der Waals surface area contributed by atoms with E-state index < -0.39 is 5.97 Å². The maximum atomic E-state index is 10.9. The lowest BCUT2D eigenvalue weighted by atomic mass is 10.1. The molecular formula is C27H30O6. The summed E-state index contributed by atoms with van der Waals surface area (Å²) in [5.41, 5.74) is 1.25. The van der Waals surface area contributed by atoms with Crippen LogP contribution in [0.5, 0.6) is 11.5 Å². The Labute approximate surface area is 194 Å². The minimum Gasteiger partial charge on any atom is -0.493 e. The first-order chi connectivity index (χ1) is 16.3. The van der Waals surface area contributed by atoms with Crippen LogP contribution < -0.4 is 9.47 Å². The molecule has 0 atom stereocenters. The van der Waals surface area contributed by atoms with Gasteiger partial charge >= 0.3 is 5.97 Å². The molecule has 0 heterocycles. The third-order valence-electron chi connectivity index (χ3n) is 4.83. The number of carbonyl (C=O) groups is 1. The minimum absolute atomic E-state index is 0.201. The number of hydrogen-bond acceptors (Lipinski definition) is 6. The summed E-state index contributed by atoms with van der Waals surface area (Å²) in [7, 11) is 0. The first-order valence-electron chi connectivity index (χ1n) is 11.0. The van der Waals surface area contributed by atoms with Crippen LogP contribution in [-0.2, 0) is 25.4 Å². The van der Waals surface area contributed by atoms with E-state index in [4.69, 9.17) is 23.7 Å². The Kier molecular flexibility index (Phi) is 10.3. The van der Waals surface area contributed by atoms with Crippen molar-refractivity contribution in [3.8, 4) is 11.5 Å². The molecule has 0 fully saturated rings. The van der Waals surface area contributed by atoms with E-state index in [0.29, 0.717) is 39.6 Å². The monoisotopic (exact) mass is 450 g/mol. The molecule has 3 rings (SSSR count). The molecule has 0 amide bonds. The van der Waals surface area contributed by atoms with Crippen LogP contribution in [0.1, 0.15) is 5.56 Å². The van der Waals surface area contributed by atoms with Crippen molar-refractivity contribution in [2.75, 3.05) is 46.2 Å². The van der Waals surface area contributed by atoms with Gasteiger partial charge in [0, 0.05) is 23.3 Å². The van der Waals surface area contributed by atoms with Crippen LogP contribution in [0.2, 0.25) is 0 Å². The fourth-order valence-corrected chi connectivity index (χ4v) is 3.21. The summed E-state index contributed by atoms with van der Waals surface area (Å²) in [6, 6.07) is 22.3. The second kappa shape index (κ2) is 13.9. The highest BCUT2D eigenvalue weighted by atomic mass is 16.6. The number of carbonyl (C=O) groups excluding carboxylic acids is 1. The lowest BCUT2D eigenvalue weighted by Gasteiger charge is -2.14. The number of benzene rings is 3. The molecule has 33 heavy (non-hydrogen) atoms. The van der Waals surface area contributed by atoms with Crippen LogP contribution in [0, 0.1) is 0 Å². The van der Waals surface area contributed by atoms with Crippen LogP contribution >= 0.6 is 0 Å². The Morgan fingerprint density at radius 2 is 1.21 bits per heavy atom. The van der Waals surface area contributed by atoms with Crippen molar-refractivity contribution in [1.29, 1.82) is 0 Å². The van der Waals surface area contributed by atoms with E-state index in [1.807, 2.05) is 54.6 Å². The van der Waals surface area contributed by atoms with Crippen molar-refractivity contribution in [3.63, 3.8) is 0 Å². The Balaban J connectivity index is 1.39. The molecule has 0 aliphatic heterocycles. The lowest BCUT2D eigenvalue weighted by Crippen LogP contribution is -2.13. The quantitative estimate of drug-likeness (QED) is 0.192. The van der Waals surface area contributed by atoms with Gasteiger partial charge in [0.15, 0.2) is 0 Å². The van der Waals surface area contributed by atoms with Gasteiger partial charge in [-0.3, -0.25) is 0 Å². The molecule has 0 bridgehead atoms. The van der Waals surface area contributed by atoms with Gasteiger partial charge in [-0.05, 0) is 17.7 Å². The van der Waals surface area contributed by atoms with Gasteiger partial charge in [-0.15, -0.1) is 0 Å². The van der Waals surface area contributed by atoms with Crippen LogP contribution in [-0.4, -0.2) is 52.2 Å². The van der Waals surface area contributed by atoms with E-state index in [2.05, 4.69) is 18.7 Å². The predicted octanol–water partition coefficient (Wildman–Crippen LogP) is 4.60. The highest BCUT2D eigenvalue weighted by Crippen LogP contribution is 2.33. The number of fused-ring (bicyclic) bond motifs is 1. The molecule has 0 radical (unpaired) electrons. The molecule has 3 aromatic carbocycles. The standard InChI is InChI=1S/C27H30O6/c1-2-27(28)33-21-19-30-17-16-29-18-20-32-26-13-12-25(23-10-6-7-11-24(23)26)31-15-14-22-8-4-3-5-9-22/h2-13H,1,14-21H2. The van der Waals surface area contributed by atoms with E-state index in [1.165, 1.54) is 5.56 Å². The average Bonchev–Trinajstić information content (AvgIpc) is 2.86. The molecule has 6 heteroatoms. The molecular weight excluding hydrogens is 420 g/mol. The van der Waals surface area contributed by atoms with Crippen molar-refractivity contribution < 1.29 is 28.5 Å². The molecule has 0 aliphatic carbocycles. The first-order valence-corrected chi connectivity index (χ1v) is 11.0. The molecule has 6 nitrogen and oxygen atoms in total.